The summed E-state index contributed by atoms with van der Waals surface area (Å²) in [6.45, 7) is 14.9. The monoisotopic (exact) mass is 402 g/mol. The van der Waals surface area contributed by atoms with Crippen LogP contribution in [0, 0.1) is 16.7 Å². The van der Waals surface area contributed by atoms with E-state index in [0.717, 1.165) is 47.6 Å². The summed E-state index contributed by atoms with van der Waals surface area (Å²) in [4.78, 5) is 0. The lowest BCUT2D eigenvalue weighted by atomic mass is 9.70. The molecular formula is C28H34O2. The van der Waals surface area contributed by atoms with Gasteiger partial charge in [-0.3, -0.25) is 0 Å². The third-order valence-electron chi connectivity index (χ3n) is 8.14. The number of hydrogen-bond donors (Lipinski definition) is 1. The highest BCUT2D eigenvalue weighted by Gasteiger charge is 2.62. The highest BCUT2D eigenvalue weighted by Crippen LogP contribution is 2.66. The van der Waals surface area contributed by atoms with Crippen LogP contribution in [0.3, 0.4) is 0 Å². The van der Waals surface area contributed by atoms with Gasteiger partial charge in [0.1, 0.15) is 17.6 Å². The van der Waals surface area contributed by atoms with Gasteiger partial charge in [0, 0.05) is 16.5 Å². The van der Waals surface area contributed by atoms with E-state index >= 15 is 0 Å². The van der Waals surface area contributed by atoms with Crippen LogP contribution in [0.4, 0.5) is 0 Å². The third-order valence-corrected chi connectivity index (χ3v) is 8.14. The van der Waals surface area contributed by atoms with E-state index < -0.39 is 0 Å². The molecule has 4 rings (SSSR count). The molecule has 0 radical (unpaired) electrons. The summed E-state index contributed by atoms with van der Waals surface area (Å²) in [6, 6.07) is 12.1. The molecule has 0 aliphatic heterocycles. The summed E-state index contributed by atoms with van der Waals surface area (Å²) in [5.41, 5.74) is 4.56. The fourth-order valence-electron chi connectivity index (χ4n) is 5.74. The molecule has 158 valence electrons. The largest absolute Gasteiger partial charge is 0.507 e. The van der Waals surface area contributed by atoms with E-state index in [0.29, 0.717) is 5.41 Å². The van der Waals surface area contributed by atoms with Gasteiger partial charge < -0.3 is 9.84 Å². The highest BCUT2D eigenvalue weighted by molar-refractivity contribution is 5.77. The molecule has 3 atom stereocenters. The molecule has 2 aromatic carbocycles. The minimum atomic E-state index is 0.182. The van der Waals surface area contributed by atoms with Gasteiger partial charge in [0.15, 0.2) is 0 Å². The Bertz CT molecular complexity index is 971. The maximum absolute atomic E-state index is 10.7. The predicted molar refractivity (Wildman–Crippen MR) is 125 cm³/mol. The molecule has 0 aromatic heterocycles. The van der Waals surface area contributed by atoms with Gasteiger partial charge in [-0.2, -0.15) is 0 Å². The SMILES string of the molecule is C=CCc1ccc(O)c(-c2cc(CC=C)ccc2O[C@@H]2C[C@@H]3CC[C@@]2(C)C3(C)C)c1. The van der Waals surface area contributed by atoms with Crippen LogP contribution in [0.2, 0.25) is 0 Å². The van der Waals surface area contributed by atoms with E-state index in [9.17, 15) is 5.11 Å². The van der Waals surface area contributed by atoms with Crippen molar-refractivity contribution in [3.05, 3.63) is 72.8 Å². The Kier molecular flexibility index (Phi) is 5.30. The van der Waals surface area contributed by atoms with Crippen LogP contribution in [0.5, 0.6) is 11.5 Å². The van der Waals surface area contributed by atoms with Gasteiger partial charge in [-0.25, -0.2) is 0 Å². The summed E-state index contributed by atoms with van der Waals surface area (Å²) in [6.07, 6.45) is 9.20. The topological polar surface area (TPSA) is 29.5 Å². The van der Waals surface area contributed by atoms with Gasteiger partial charge in [-0.1, -0.05) is 45.1 Å². The van der Waals surface area contributed by atoms with Gasteiger partial charge in [-0.15, -0.1) is 13.2 Å². The van der Waals surface area contributed by atoms with Crippen LogP contribution in [0.15, 0.2) is 61.7 Å². The zero-order chi connectivity index (χ0) is 21.5. The first-order valence-corrected chi connectivity index (χ1v) is 11.1. The van der Waals surface area contributed by atoms with Crippen molar-refractivity contribution in [3.8, 4) is 22.6 Å². The summed E-state index contributed by atoms with van der Waals surface area (Å²) in [5, 5.41) is 10.7. The predicted octanol–water partition coefficient (Wildman–Crippen LogP) is 7.11. The molecule has 30 heavy (non-hydrogen) atoms. The van der Waals surface area contributed by atoms with Crippen LogP contribution in [0.25, 0.3) is 11.1 Å². The lowest BCUT2D eigenvalue weighted by Crippen LogP contribution is -2.38. The average molecular weight is 403 g/mol. The lowest BCUT2D eigenvalue weighted by Gasteiger charge is -2.39. The molecule has 0 unspecified atom stereocenters. The summed E-state index contributed by atoms with van der Waals surface area (Å²) >= 11 is 0. The summed E-state index contributed by atoms with van der Waals surface area (Å²) in [5.74, 6) is 1.87. The number of rotatable bonds is 7. The molecular weight excluding hydrogens is 368 g/mol. The van der Waals surface area contributed by atoms with Crippen LogP contribution in [-0.2, 0) is 12.8 Å². The molecule has 2 aliphatic carbocycles. The number of ether oxygens (including phenoxy) is 1. The van der Waals surface area contributed by atoms with E-state index in [1.54, 1.807) is 6.07 Å². The maximum Gasteiger partial charge on any atom is 0.127 e. The zero-order valence-electron chi connectivity index (χ0n) is 18.6. The molecule has 2 bridgehead atoms. The Balaban J connectivity index is 1.76. The standard InChI is InChI=1S/C28H34O2/c1-6-8-19-10-12-24(29)22(16-19)23-17-20(9-7-2)11-13-25(23)30-26-18-21-14-15-28(26,5)27(21,3)4/h6-7,10-13,16-17,21,26,29H,1-2,8-9,14-15,18H2,3-5H3/t21-,26+,28+/m0/s1. The van der Waals surface area contributed by atoms with Gasteiger partial charge in [0.05, 0.1) is 0 Å². The van der Waals surface area contributed by atoms with Crippen molar-refractivity contribution in [1.29, 1.82) is 0 Å². The van der Waals surface area contributed by atoms with Crippen molar-refractivity contribution in [2.24, 2.45) is 16.7 Å². The number of phenolic OH excluding ortho intramolecular Hbond substituents is 1. The first kappa shape index (κ1) is 20.8. The van der Waals surface area contributed by atoms with Crippen molar-refractivity contribution in [2.45, 2.75) is 59.0 Å². The highest BCUT2D eigenvalue weighted by atomic mass is 16.5. The molecule has 2 saturated carbocycles. The number of aromatic hydroxyl groups is 1. The molecule has 2 nitrogen and oxygen atoms in total. The Morgan fingerprint density at radius 3 is 2.20 bits per heavy atom. The van der Waals surface area contributed by atoms with Crippen LogP contribution >= 0.6 is 0 Å². The Hall–Kier alpha value is -2.48. The van der Waals surface area contributed by atoms with Gasteiger partial charge in [0.2, 0.25) is 0 Å². The van der Waals surface area contributed by atoms with Crippen molar-refractivity contribution in [3.63, 3.8) is 0 Å². The number of fused-ring (bicyclic) bond motifs is 2. The van der Waals surface area contributed by atoms with Crippen molar-refractivity contribution in [2.75, 3.05) is 0 Å². The van der Waals surface area contributed by atoms with Crippen molar-refractivity contribution < 1.29 is 9.84 Å². The molecule has 0 saturated heterocycles. The number of hydrogen-bond acceptors (Lipinski definition) is 2. The van der Waals surface area contributed by atoms with E-state index in [2.05, 4.69) is 58.2 Å². The van der Waals surface area contributed by atoms with E-state index in [1.807, 2.05) is 18.2 Å². The molecule has 0 spiro atoms. The first-order chi connectivity index (χ1) is 14.3. The molecule has 2 aromatic rings. The normalized spacial score (nSPS) is 26.5. The van der Waals surface area contributed by atoms with Crippen LogP contribution in [-0.4, -0.2) is 11.2 Å². The van der Waals surface area contributed by atoms with Crippen molar-refractivity contribution in [1.82, 2.24) is 0 Å². The lowest BCUT2D eigenvalue weighted by molar-refractivity contribution is 0.0305. The maximum atomic E-state index is 10.7. The fourth-order valence-corrected chi connectivity index (χ4v) is 5.74. The van der Waals surface area contributed by atoms with Gasteiger partial charge in [0.25, 0.3) is 0 Å². The second-order valence-electron chi connectivity index (χ2n) is 9.88. The molecule has 1 N–H and O–H groups in total. The summed E-state index contributed by atoms with van der Waals surface area (Å²) in [7, 11) is 0. The second-order valence-corrected chi connectivity index (χ2v) is 9.88. The zero-order valence-corrected chi connectivity index (χ0v) is 18.6. The summed E-state index contributed by atoms with van der Waals surface area (Å²) < 4.78 is 6.76. The van der Waals surface area contributed by atoms with Crippen LogP contribution < -0.4 is 4.74 Å². The van der Waals surface area contributed by atoms with E-state index in [1.165, 1.54) is 18.4 Å². The Labute approximate surface area is 181 Å². The quantitative estimate of drug-likeness (QED) is 0.500. The van der Waals surface area contributed by atoms with E-state index in [-0.39, 0.29) is 17.3 Å². The Morgan fingerprint density at radius 2 is 1.63 bits per heavy atom. The minimum Gasteiger partial charge on any atom is -0.507 e. The minimum absolute atomic E-state index is 0.182. The van der Waals surface area contributed by atoms with Crippen LogP contribution in [0.1, 0.15) is 51.2 Å². The van der Waals surface area contributed by atoms with Gasteiger partial charge >= 0.3 is 0 Å². The first-order valence-electron chi connectivity index (χ1n) is 11.1. The third kappa shape index (κ3) is 3.27. The van der Waals surface area contributed by atoms with Crippen molar-refractivity contribution >= 4 is 0 Å². The Morgan fingerprint density at radius 1 is 1.00 bits per heavy atom. The van der Waals surface area contributed by atoms with Gasteiger partial charge in [-0.05, 0) is 78.8 Å². The average Bonchev–Trinajstić information content (AvgIpc) is 3.04. The van der Waals surface area contributed by atoms with E-state index in [4.69, 9.17) is 4.74 Å². The molecule has 0 heterocycles. The number of phenols is 1. The number of allylic oxidation sites excluding steroid dienone is 2. The fraction of sp³-hybridized carbons (Fsp3) is 0.429. The smallest absolute Gasteiger partial charge is 0.127 e. The molecule has 0 amide bonds. The number of benzene rings is 2. The molecule has 2 aliphatic rings. The molecule has 2 heteroatoms. The second kappa shape index (κ2) is 7.65. The molecule has 2 fully saturated rings.